The van der Waals surface area contributed by atoms with Gasteiger partial charge >= 0.3 is 5.97 Å². The quantitative estimate of drug-likeness (QED) is 0.0757. The molecule has 13 heteroatoms. The van der Waals surface area contributed by atoms with Crippen molar-refractivity contribution in [2.24, 2.45) is 11.1 Å². The highest BCUT2D eigenvalue weighted by Gasteiger charge is 2.61. The van der Waals surface area contributed by atoms with Gasteiger partial charge in [0, 0.05) is 30.0 Å². The molecule has 1 aromatic rings. The maximum absolute atomic E-state index is 13.6. The summed E-state index contributed by atoms with van der Waals surface area (Å²) in [5, 5.41) is 28.2. The molecule has 2 rings (SSSR count). The van der Waals surface area contributed by atoms with Crippen LogP contribution < -0.4 is 26.4 Å². The predicted octanol–water partition coefficient (Wildman–Crippen LogP) is 0.408. The first-order valence-electron chi connectivity index (χ1n) is 12.3. The number of aldehydes is 2. The second-order valence-corrected chi connectivity index (χ2v) is 10.3. The molecule has 0 saturated heterocycles. The van der Waals surface area contributed by atoms with Gasteiger partial charge in [-0.2, -0.15) is 0 Å². The van der Waals surface area contributed by atoms with Crippen LogP contribution in [-0.4, -0.2) is 77.2 Å². The summed E-state index contributed by atoms with van der Waals surface area (Å²) in [4.78, 5) is 59.9. The molecule has 0 spiro atoms. The topological polar surface area (TPSA) is 200 Å². The van der Waals surface area contributed by atoms with E-state index in [0.717, 1.165) is 5.69 Å². The minimum Gasteiger partial charge on any atom is -0.481 e. The third kappa shape index (κ3) is 8.25. The lowest BCUT2D eigenvalue weighted by Gasteiger charge is -2.38. The number of aliphatic carboxylic acids is 1. The van der Waals surface area contributed by atoms with Crippen LogP contribution in [0.1, 0.15) is 55.8 Å². The molecule has 38 heavy (non-hydrogen) atoms. The number of hydrogen-bond acceptors (Lipinski definition) is 10. The maximum Gasteiger partial charge on any atom is 0.305 e. The Morgan fingerprint density at radius 2 is 1.95 bits per heavy atom. The molecule has 5 atom stereocenters. The summed E-state index contributed by atoms with van der Waals surface area (Å²) in [6, 6.07) is 5.15. The Morgan fingerprint density at radius 1 is 1.26 bits per heavy atom. The Hall–Kier alpha value is -3.00. The minimum absolute atomic E-state index is 0.0982. The van der Waals surface area contributed by atoms with Gasteiger partial charge in [-0.25, -0.2) is 0 Å². The average molecular weight is 552 g/mol. The molecule has 1 aliphatic carbocycles. The van der Waals surface area contributed by atoms with Crippen molar-refractivity contribution in [1.29, 1.82) is 0 Å². The number of amides is 2. The SMILES string of the molecule is CSNc1ccc(C(=O)NC2CC2(CCC=O)C(=O)NC(C)(CCCN)C(O)NC(C=O)CC(=O)O)cc1. The van der Waals surface area contributed by atoms with E-state index in [1.807, 2.05) is 6.26 Å². The Morgan fingerprint density at radius 3 is 2.50 bits per heavy atom. The van der Waals surface area contributed by atoms with Gasteiger partial charge in [0.25, 0.3) is 5.91 Å². The fraction of sp³-hybridized carbons (Fsp3) is 0.560. The molecule has 1 saturated carbocycles. The van der Waals surface area contributed by atoms with E-state index in [4.69, 9.17) is 10.8 Å². The Labute approximate surface area is 226 Å². The van der Waals surface area contributed by atoms with Gasteiger partial charge in [0.15, 0.2) is 0 Å². The molecule has 1 aromatic carbocycles. The normalized spacial score (nSPS) is 21.3. The monoisotopic (exact) mass is 551 g/mol. The van der Waals surface area contributed by atoms with Crippen LogP contribution in [0.25, 0.3) is 0 Å². The van der Waals surface area contributed by atoms with E-state index in [9.17, 15) is 29.1 Å². The van der Waals surface area contributed by atoms with Crippen LogP contribution in [0.4, 0.5) is 5.69 Å². The van der Waals surface area contributed by atoms with Crippen LogP contribution in [0, 0.1) is 5.41 Å². The highest BCUT2D eigenvalue weighted by Crippen LogP contribution is 2.50. The van der Waals surface area contributed by atoms with Gasteiger partial charge in [-0.05, 0) is 63.4 Å². The second kappa shape index (κ2) is 14.2. The van der Waals surface area contributed by atoms with Gasteiger partial charge < -0.3 is 40.9 Å². The standard InChI is InChI=1S/C25H37N5O7S/c1-24(9-3-11-26,22(36)27-18(15-32)13-20(33)34)29-23(37)25(10-4-12-31)14-19(25)28-21(35)16-5-7-17(8-6-16)30-38-2/h5-8,12,15,18-19,22,27,30,36H,3-4,9-11,13-14,26H2,1-2H3,(H,28,35)(H,29,37)(H,33,34). The molecule has 0 bridgehead atoms. The largest absolute Gasteiger partial charge is 0.481 e. The van der Waals surface area contributed by atoms with Crippen LogP contribution >= 0.6 is 11.9 Å². The van der Waals surface area contributed by atoms with Crippen molar-refractivity contribution in [3.8, 4) is 0 Å². The molecular weight excluding hydrogens is 514 g/mol. The number of carbonyl (C=O) groups is 5. The second-order valence-electron chi connectivity index (χ2n) is 9.65. The molecular formula is C25H37N5O7S. The lowest BCUT2D eigenvalue weighted by molar-refractivity contribution is -0.139. The number of carboxylic acids is 1. The van der Waals surface area contributed by atoms with Crippen LogP contribution in [0.15, 0.2) is 24.3 Å². The van der Waals surface area contributed by atoms with Gasteiger partial charge in [-0.1, -0.05) is 11.9 Å². The first-order chi connectivity index (χ1) is 18.0. The van der Waals surface area contributed by atoms with Crippen LogP contribution in [0.2, 0.25) is 0 Å². The molecule has 210 valence electrons. The summed E-state index contributed by atoms with van der Waals surface area (Å²) in [5.41, 5.74) is 4.51. The van der Waals surface area contributed by atoms with Crippen molar-refractivity contribution in [1.82, 2.24) is 16.0 Å². The zero-order valence-electron chi connectivity index (χ0n) is 21.6. The third-order valence-electron chi connectivity index (χ3n) is 6.74. The molecule has 12 nitrogen and oxygen atoms in total. The summed E-state index contributed by atoms with van der Waals surface area (Å²) >= 11 is 1.42. The van der Waals surface area contributed by atoms with Gasteiger partial charge in [-0.3, -0.25) is 19.7 Å². The van der Waals surface area contributed by atoms with E-state index in [1.54, 1.807) is 31.2 Å². The summed E-state index contributed by atoms with van der Waals surface area (Å²) in [5.74, 6) is -2.05. The fourth-order valence-corrected chi connectivity index (χ4v) is 4.71. The number of anilines is 1. The number of carbonyl (C=O) groups excluding carboxylic acids is 4. The van der Waals surface area contributed by atoms with Gasteiger partial charge in [-0.15, -0.1) is 0 Å². The van der Waals surface area contributed by atoms with Gasteiger partial charge in [0.1, 0.15) is 18.8 Å². The van der Waals surface area contributed by atoms with Crippen molar-refractivity contribution < 1.29 is 34.2 Å². The lowest BCUT2D eigenvalue weighted by atomic mass is 9.89. The molecule has 0 aliphatic heterocycles. The van der Waals surface area contributed by atoms with E-state index < -0.39 is 47.6 Å². The molecule has 0 radical (unpaired) electrons. The van der Waals surface area contributed by atoms with Crippen molar-refractivity contribution in [3.63, 3.8) is 0 Å². The summed E-state index contributed by atoms with van der Waals surface area (Å²) in [6.07, 6.45) is 2.17. The number of aliphatic hydroxyl groups excluding tert-OH is 1. The first kappa shape index (κ1) is 31.2. The number of rotatable bonds is 18. The predicted molar refractivity (Wildman–Crippen MR) is 143 cm³/mol. The average Bonchev–Trinajstić information content (AvgIpc) is 3.59. The van der Waals surface area contributed by atoms with Crippen LogP contribution in [0.5, 0.6) is 0 Å². The molecule has 1 fully saturated rings. The summed E-state index contributed by atoms with van der Waals surface area (Å²) < 4.78 is 3.07. The number of aliphatic hydroxyl groups is 1. The molecule has 1 aliphatic rings. The fourth-order valence-electron chi connectivity index (χ4n) is 4.34. The maximum atomic E-state index is 13.6. The Balaban J connectivity index is 2.18. The van der Waals surface area contributed by atoms with Crippen LogP contribution in [0.3, 0.4) is 0 Å². The molecule has 8 N–H and O–H groups in total. The number of hydrogen-bond donors (Lipinski definition) is 7. The van der Waals surface area contributed by atoms with Crippen molar-refractivity contribution in [2.75, 3.05) is 17.5 Å². The van der Waals surface area contributed by atoms with Crippen molar-refractivity contribution >= 4 is 48.0 Å². The van der Waals surface area contributed by atoms with E-state index in [0.29, 0.717) is 31.0 Å². The smallest absolute Gasteiger partial charge is 0.305 e. The van der Waals surface area contributed by atoms with Crippen LogP contribution in [-0.2, 0) is 19.2 Å². The molecule has 0 aromatic heterocycles. The van der Waals surface area contributed by atoms with Crippen molar-refractivity contribution in [2.45, 2.75) is 69.3 Å². The number of benzene rings is 1. The highest BCUT2D eigenvalue weighted by molar-refractivity contribution is 7.99. The third-order valence-corrected chi connectivity index (χ3v) is 7.18. The Kier molecular flexibility index (Phi) is 11.7. The van der Waals surface area contributed by atoms with E-state index >= 15 is 0 Å². The number of carboxylic acid groups (broad SMARTS) is 1. The zero-order valence-corrected chi connectivity index (χ0v) is 22.4. The van der Waals surface area contributed by atoms with E-state index in [1.165, 1.54) is 11.9 Å². The summed E-state index contributed by atoms with van der Waals surface area (Å²) in [6.45, 7) is 1.83. The molecule has 2 amide bonds. The van der Waals surface area contributed by atoms with E-state index in [-0.39, 0.29) is 31.7 Å². The van der Waals surface area contributed by atoms with Gasteiger partial charge in [0.2, 0.25) is 5.91 Å². The van der Waals surface area contributed by atoms with E-state index in [2.05, 4.69) is 20.7 Å². The number of nitrogens with one attached hydrogen (secondary N) is 4. The first-order valence-corrected chi connectivity index (χ1v) is 13.5. The van der Waals surface area contributed by atoms with Crippen molar-refractivity contribution in [3.05, 3.63) is 29.8 Å². The highest BCUT2D eigenvalue weighted by atomic mass is 32.2. The minimum atomic E-state index is -1.48. The molecule has 0 heterocycles. The zero-order chi connectivity index (χ0) is 28.3. The molecule has 5 unspecified atom stereocenters. The Bertz CT molecular complexity index is 995. The van der Waals surface area contributed by atoms with Gasteiger partial charge in [0.05, 0.1) is 23.4 Å². The number of nitrogens with two attached hydrogens (primary N) is 1. The lowest BCUT2D eigenvalue weighted by Crippen LogP contribution is -2.63. The summed E-state index contributed by atoms with van der Waals surface area (Å²) in [7, 11) is 0.